The van der Waals surface area contributed by atoms with Crippen molar-refractivity contribution >= 4 is 5.97 Å². The fourth-order valence-electron chi connectivity index (χ4n) is 11.8. The number of piperidine rings is 2. The first-order chi connectivity index (χ1) is 19.5. The minimum absolute atomic E-state index is 0.0606. The third kappa shape index (κ3) is 3.07. The molecule has 7 fully saturated rings. The smallest absolute Gasteiger partial charge is 0.333 e. The molecule has 0 aromatic heterocycles. The summed E-state index contributed by atoms with van der Waals surface area (Å²) in [6, 6.07) is -0.387. The van der Waals surface area contributed by atoms with Crippen molar-refractivity contribution < 1.29 is 44.9 Å². The molecule has 6 N–H and O–H groups in total. The van der Waals surface area contributed by atoms with Crippen molar-refractivity contribution in [2.45, 2.75) is 138 Å². The SMILES string of the molecule is CC=C(C)C(=O)OC1CCC2(C)C3CCC4[C@]5(O)CC(O)[C@@]6(O)C(CN7CC(C)CCC7[C@@]6(C)O)[C@]5(O)C[C@@]42O[C@]13O. The van der Waals surface area contributed by atoms with Crippen molar-refractivity contribution in [3.8, 4) is 0 Å². The third-order valence-electron chi connectivity index (χ3n) is 14.1. The molecule has 0 amide bonds. The first-order valence-electron chi connectivity index (χ1n) is 16.0. The highest BCUT2D eigenvalue weighted by molar-refractivity contribution is 5.87. The van der Waals surface area contributed by atoms with Crippen molar-refractivity contribution in [2.75, 3.05) is 13.1 Å². The summed E-state index contributed by atoms with van der Waals surface area (Å²) in [5.74, 6) is -4.05. The molecule has 7 aliphatic rings. The Hall–Kier alpha value is -1.11. The topological polar surface area (TPSA) is 160 Å². The highest BCUT2D eigenvalue weighted by atomic mass is 16.7. The monoisotopic (exact) mass is 591 g/mol. The Morgan fingerprint density at radius 1 is 0.952 bits per heavy atom. The molecule has 14 atom stereocenters. The molecule has 1 spiro atoms. The number of aliphatic hydroxyl groups is 6. The zero-order valence-electron chi connectivity index (χ0n) is 25.5. The predicted molar refractivity (Wildman–Crippen MR) is 150 cm³/mol. The van der Waals surface area contributed by atoms with Crippen LogP contribution in [0.5, 0.6) is 0 Å². The van der Waals surface area contributed by atoms with Gasteiger partial charge in [0.15, 0.2) is 6.10 Å². The summed E-state index contributed by atoms with van der Waals surface area (Å²) in [6.45, 7) is 10.1. The Morgan fingerprint density at radius 3 is 2.33 bits per heavy atom. The van der Waals surface area contributed by atoms with Gasteiger partial charge in [-0.3, -0.25) is 4.90 Å². The molecule has 3 saturated heterocycles. The Balaban J connectivity index is 1.32. The van der Waals surface area contributed by atoms with Gasteiger partial charge in [0, 0.05) is 60.7 Å². The van der Waals surface area contributed by atoms with E-state index < -0.39 is 75.1 Å². The first kappa shape index (κ1) is 29.6. The molecule has 4 aliphatic carbocycles. The van der Waals surface area contributed by atoms with E-state index in [0.29, 0.717) is 50.1 Å². The molecule has 3 aliphatic heterocycles. The number of hydrogen-bond acceptors (Lipinski definition) is 10. The van der Waals surface area contributed by atoms with Crippen LogP contribution in [0.1, 0.15) is 86.0 Å². The molecule has 10 heteroatoms. The minimum Gasteiger partial charge on any atom is -0.453 e. The van der Waals surface area contributed by atoms with Crippen LogP contribution in [0.2, 0.25) is 0 Å². The van der Waals surface area contributed by atoms with E-state index in [9.17, 15) is 35.4 Å². The van der Waals surface area contributed by atoms with Crippen LogP contribution < -0.4 is 0 Å². The Bertz CT molecular complexity index is 1220. The number of fused-ring (bicyclic) bond motifs is 5. The summed E-state index contributed by atoms with van der Waals surface area (Å²) in [6.07, 6.45) is 2.30. The van der Waals surface area contributed by atoms with Crippen LogP contribution in [0.4, 0.5) is 0 Å². The number of carbonyl (C=O) groups is 1. The summed E-state index contributed by atoms with van der Waals surface area (Å²) in [4.78, 5) is 14.9. The predicted octanol–water partition coefficient (Wildman–Crippen LogP) is 0.991. The summed E-state index contributed by atoms with van der Waals surface area (Å²) in [5, 5.41) is 73.9. The second-order valence-electron chi connectivity index (χ2n) is 15.7. The van der Waals surface area contributed by atoms with Gasteiger partial charge in [-0.25, -0.2) is 4.79 Å². The van der Waals surface area contributed by atoms with Crippen LogP contribution in [-0.4, -0.2) is 107 Å². The van der Waals surface area contributed by atoms with E-state index in [0.717, 1.165) is 6.42 Å². The van der Waals surface area contributed by atoms with Gasteiger partial charge in [-0.05, 0) is 65.2 Å². The molecule has 0 radical (unpaired) electrons. The molecule has 3 heterocycles. The van der Waals surface area contributed by atoms with Crippen molar-refractivity contribution in [3.63, 3.8) is 0 Å². The molecule has 236 valence electrons. The first-order valence-corrected chi connectivity index (χ1v) is 16.0. The zero-order chi connectivity index (χ0) is 30.5. The second-order valence-corrected chi connectivity index (χ2v) is 15.7. The average molecular weight is 592 g/mol. The Labute approximate surface area is 247 Å². The van der Waals surface area contributed by atoms with Gasteiger partial charge in [-0.2, -0.15) is 0 Å². The number of ether oxygens (including phenoxy) is 2. The lowest BCUT2D eigenvalue weighted by atomic mass is 9.49. The van der Waals surface area contributed by atoms with Gasteiger partial charge in [0.25, 0.3) is 0 Å². The average Bonchev–Trinajstić information content (AvgIpc) is 3.09. The zero-order valence-corrected chi connectivity index (χ0v) is 25.5. The van der Waals surface area contributed by atoms with Crippen molar-refractivity contribution in [2.24, 2.45) is 29.1 Å². The number of rotatable bonds is 2. The van der Waals surface area contributed by atoms with Crippen LogP contribution >= 0.6 is 0 Å². The maximum atomic E-state index is 12.9. The second kappa shape index (κ2) is 8.57. The molecular formula is C32H49NO9. The van der Waals surface area contributed by atoms with E-state index >= 15 is 0 Å². The summed E-state index contributed by atoms with van der Waals surface area (Å²) >= 11 is 0. The third-order valence-corrected chi connectivity index (χ3v) is 14.1. The highest BCUT2D eigenvalue weighted by Crippen LogP contribution is 2.78. The fraction of sp³-hybridized carbons (Fsp3) is 0.906. The van der Waals surface area contributed by atoms with E-state index in [1.165, 1.54) is 0 Å². The van der Waals surface area contributed by atoms with Gasteiger partial charge in [-0.1, -0.05) is 19.9 Å². The molecule has 10 nitrogen and oxygen atoms in total. The molecule has 42 heavy (non-hydrogen) atoms. The van der Waals surface area contributed by atoms with Gasteiger partial charge in [0.1, 0.15) is 22.4 Å². The Kier molecular flexibility index (Phi) is 6.04. The van der Waals surface area contributed by atoms with Crippen LogP contribution in [0.3, 0.4) is 0 Å². The molecule has 7 rings (SSSR count). The molecule has 4 bridgehead atoms. The summed E-state index contributed by atoms with van der Waals surface area (Å²) < 4.78 is 12.6. The fourth-order valence-corrected chi connectivity index (χ4v) is 11.8. The number of allylic oxidation sites excluding steroid dienone is 1. The van der Waals surface area contributed by atoms with Gasteiger partial charge in [0.05, 0.1) is 11.7 Å². The number of nitrogens with zero attached hydrogens (tertiary/aromatic N) is 1. The summed E-state index contributed by atoms with van der Waals surface area (Å²) in [5.41, 5.74) is -8.96. The number of hydrogen-bond donors (Lipinski definition) is 6. The van der Waals surface area contributed by atoms with E-state index in [2.05, 4.69) is 11.8 Å². The minimum atomic E-state index is -2.06. The highest BCUT2D eigenvalue weighted by Gasteiger charge is 2.88. The van der Waals surface area contributed by atoms with Crippen LogP contribution in [0, 0.1) is 29.1 Å². The van der Waals surface area contributed by atoms with Gasteiger partial charge < -0.3 is 40.1 Å². The Morgan fingerprint density at radius 2 is 1.64 bits per heavy atom. The quantitative estimate of drug-likeness (QED) is 0.202. The molecule has 0 aromatic rings. The number of aliphatic hydroxyl groups excluding tert-OH is 1. The van der Waals surface area contributed by atoms with Gasteiger partial charge >= 0.3 is 5.97 Å². The van der Waals surface area contributed by atoms with E-state index in [-0.39, 0.29) is 25.4 Å². The molecule has 4 saturated carbocycles. The maximum absolute atomic E-state index is 12.9. The van der Waals surface area contributed by atoms with Crippen molar-refractivity contribution in [1.29, 1.82) is 0 Å². The molecular weight excluding hydrogens is 542 g/mol. The van der Waals surface area contributed by atoms with Gasteiger partial charge in [-0.15, -0.1) is 0 Å². The van der Waals surface area contributed by atoms with E-state index in [1.54, 1.807) is 26.8 Å². The molecule has 0 aromatic carbocycles. The number of esters is 1. The van der Waals surface area contributed by atoms with Crippen LogP contribution in [-0.2, 0) is 14.3 Å². The normalized spacial score (nSPS) is 60.3. The lowest BCUT2D eigenvalue weighted by Crippen LogP contribution is -2.85. The van der Waals surface area contributed by atoms with E-state index in [1.807, 2.05) is 6.92 Å². The summed E-state index contributed by atoms with van der Waals surface area (Å²) in [7, 11) is 0. The largest absolute Gasteiger partial charge is 0.453 e. The maximum Gasteiger partial charge on any atom is 0.333 e. The molecule has 8 unspecified atom stereocenters. The van der Waals surface area contributed by atoms with Crippen molar-refractivity contribution in [1.82, 2.24) is 4.90 Å². The van der Waals surface area contributed by atoms with Gasteiger partial charge in [0.2, 0.25) is 5.79 Å². The van der Waals surface area contributed by atoms with E-state index in [4.69, 9.17) is 9.47 Å². The number of carbonyl (C=O) groups excluding carboxylic acids is 1. The van der Waals surface area contributed by atoms with Crippen molar-refractivity contribution in [3.05, 3.63) is 11.6 Å². The van der Waals surface area contributed by atoms with Crippen LogP contribution in [0.15, 0.2) is 11.6 Å². The standard InChI is InChI=1S/C32H49NO9/c1-6-18(3)25(35)41-24-11-12-26(4)19-8-9-20-28(37)13-23(34)31(39)21(29(28,38)16-30(20,26)42-32(19,24)40)15-33-14-17(2)7-10-22(33)27(31,5)36/h6,17,19-24,34,36-40H,7-16H2,1-5H3/t17?,19?,20?,21?,22?,23?,24?,26?,27-,28-,29-,30-,31+,32+/m1/s1. The van der Waals surface area contributed by atoms with Crippen LogP contribution in [0.25, 0.3) is 0 Å². The lowest BCUT2D eigenvalue weighted by molar-refractivity contribution is -0.354. The lowest BCUT2D eigenvalue weighted by Gasteiger charge is -2.68.